The minimum atomic E-state index is 0.488. The van der Waals surface area contributed by atoms with Gasteiger partial charge in [-0.1, -0.05) is 30.3 Å². The highest BCUT2D eigenvalue weighted by atomic mass is 16.5. The smallest absolute Gasteiger partial charge is 0.0601 e. The minimum absolute atomic E-state index is 0.488. The Balaban J connectivity index is 1.59. The Bertz CT molecular complexity index is 375. The molecule has 1 aliphatic carbocycles. The summed E-state index contributed by atoms with van der Waals surface area (Å²) in [6.07, 6.45) is 2.91. The van der Waals surface area contributed by atoms with E-state index >= 15 is 0 Å². The summed E-state index contributed by atoms with van der Waals surface area (Å²) in [5.74, 6) is 0. The molecule has 3 heteroatoms. The molecule has 0 radical (unpaired) electrons. The zero-order chi connectivity index (χ0) is 12.4. The molecule has 1 aromatic carbocycles. The van der Waals surface area contributed by atoms with Crippen molar-refractivity contribution < 1.29 is 4.74 Å². The largest absolute Gasteiger partial charge is 0.381 e. The summed E-state index contributed by atoms with van der Waals surface area (Å²) in [6, 6.07) is 12.0. The van der Waals surface area contributed by atoms with Crippen molar-refractivity contribution in [1.82, 2.24) is 10.2 Å². The quantitative estimate of drug-likeness (QED) is 0.880. The van der Waals surface area contributed by atoms with Crippen molar-refractivity contribution in [2.24, 2.45) is 0 Å². The zero-order valence-electron chi connectivity index (χ0n) is 11.0. The molecule has 1 saturated heterocycles. The fourth-order valence-corrected chi connectivity index (χ4v) is 3.04. The molecule has 1 aromatic rings. The number of nitrogens with one attached hydrogen (secondary N) is 1. The van der Waals surface area contributed by atoms with Gasteiger partial charge in [-0.3, -0.25) is 4.90 Å². The molecule has 3 rings (SSSR count). The van der Waals surface area contributed by atoms with E-state index in [9.17, 15) is 0 Å². The van der Waals surface area contributed by atoms with Crippen molar-refractivity contribution in [3.63, 3.8) is 0 Å². The molecule has 18 heavy (non-hydrogen) atoms. The fourth-order valence-electron chi connectivity index (χ4n) is 3.04. The highest BCUT2D eigenvalue weighted by Gasteiger charge is 2.35. The first-order chi connectivity index (χ1) is 8.86. The van der Waals surface area contributed by atoms with Crippen LogP contribution in [-0.4, -0.2) is 43.8 Å². The van der Waals surface area contributed by atoms with E-state index in [4.69, 9.17) is 4.74 Å². The topological polar surface area (TPSA) is 24.5 Å². The Labute approximate surface area is 109 Å². The van der Waals surface area contributed by atoms with Crippen molar-refractivity contribution >= 4 is 0 Å². The van der Waals surface area contributed by atoms with Gasteiger partial charge in [-0.2, -0.15) is 0 Å². The third kappa shape index (κ3) is 2.44. The Morgan fingerprint density at radius 3 is 2.72 bits per heavy atom. The Morgan fingerprint density at radius 1 is 1.22 bits per heavy atom. The van der Waals surface area contributed by atoms with E-state index in [1.54, 1.807) is 0 Å². The lowest BCUT2D eigenvalue weighted by molar-refractivity contribution is -0.0348. The maximum atomic E-state index is 5.38. The molecule has 0 aromatic heterocycles. The maximum Gasteiger partial charge on any atom is 0.0601 e. The lowest BCUT2D eigenvalue weighted by Gasteiger charge is -2.46. The van der Waals surface area contributed by atoms with Crippen LogP contribution in [0.3, 0.4) is 0 Å². The summed E-state index contributed by atoms with van der Waals surface area (Å²) in [5.41, 5.74) is 1.41. The van der Waals surface area contributed by atoms with Gasteiger partial charge >= 0.3 is 0 Å². The number of rotatable bonds is 3. The van der Waals surface area contributed by atoms with Crippen molar-refractivity contribution in [3.8, 4) is 0 Å². The highest BCUT2D eigenvalue weighted by Crippen LogP contribution is 2.30. The minimum Gasteiger partial charge on any atom is -0.381 e. The van der Waals surface area contributed by atoms with Crippen LogP contribution in [0.4, 0.5) is 0 Å². The summed E-state index contributed by atoms with van der Waals surface area (Å²) in [6.45, 7) is 3.39. The van der Waals surface area contributed by atoms with Crippen molar-refractivity contribution in [2.75, 3.05) is 26.7 Å². The second-order valence-electron chi connectivity index (χ2n) is 5.40. The van der Waals surface area contributed by atoms with Crippen LogP contribution in [0.5, 0.6) is 0 Å². The highest BCUT2D eigenvalue weighted by molar-refractivity contribution is 5.20. The van der Waals surface area contributed by atoms with E-state index in [0.717, 1.165) is 19.1 Å². The van der Waals surface area contributed by atoms with Crippen LogP contribution >= 0.6 is 0 Å². The van der Waals surface area contributed by atoms with Crippen LogP contribution in [0.1, 0.15) is 24.4 Å². The molecule has 0 spiro atoms. The van der Waals surface area contributed by atoms with Crippen LogP contribution in [0.2, 0.25) is 0 Å². The molecule has 1 N–H and O–H groups in total. The molecule has 2 fully saturated rings. The van der Waals surface area contributed by atoms with Crippen LogP contribution in [0.15, 0.2) is 30.3 Å². The number of benzene rings is 1. The van der Waals surface area contributed by atoms with Gasteiger partial charge in [0.2, 0.25) is 0 Å². The number of methoxy groups -OCH3 is 1. The SMILES string of the molecule is COC1CC(N2CCNC(c3ccccc3)C2)C1. The first-order valence-corrected chi connectivity index (χ1v) is 6.92. The van der Waals surface area contributed by atoms with Gasteiger partial charge in [0, 0.05) is 38.8 Å². The molecule has 2 aliphatic rings. The van der Waals surface area contributed by atoms with Crippen molar-refractivity contribution in [3.05, 3.63) is 35.9 Å². The monoisotopic (exact) mass is 246 g/mol. The predicted octanol–water partition coefficient (Wildman–Crippen LogP) is 1.81. The van der Waals surface area contributed by atoms with E-state index < -0.39 is 0 Å². The van der Waals surface area contributed by atoms with Gasteiger partial charge in [0.05, 0.1) is 6.10 Å². The molecule has 1 aliphatic heterocycles. The molecule has 1 saturated carbocycles. The third-order valence-corrected chi connectivity index (χ3v) is 4.33. The van der Waals surface area contributed by atoms with Gasteiger partial charge in [0.15, 0.2) is 0 Å². The molecule has 1 heterocycles. The van der Waals surface area contributed by atoms with Gasteiger partial charge in [0.1, 0.15) is 0 Å². The third-order valence-electron chi connectivity index (χ3n) is 4.33. The summed E-state index contributed by atoms with van der Waals surface area (Å²) in [4.78, 5) is 2.63. The molecular formula is C15H22N2O. The van der Waals surface area contributed by atoms with Gasteiger partial charge in [-0.15, -0.1) is 0 Å². The average Bonchev–Trinajstić information content (AvgIpc) is 2.39. The average molecular weight is 246 g/mol. The summed E-state index contributed by atoms with van der Waals surface area (Å²) >= 11 is 0. The molecule has 0 amide bonds. The number of ether oxygens (including phenoxy) is 1. The number of nitrogens with zero attached hydrogens (tertiary/aromatic N) is 1. The lowest BCUT2D eigenvalue weighted by atomic mass is 9.86. The Kier molecular flexibility index (Phi) is 3.64. The second kappa shape index (κ2) is 5.39. The van der Waals surface area contributed by atoms with Crippen LogP contribution in [0, 0.1) is 0 Å². The van der Waals surface area contributed by atoms with E-state index in [0.29, 0.717) is 12.1 Å². The van der Waals surface area contributed by atoms with Crippen molar-refractivity contribution in [1.29, 1.82) is 0 Å². The van der Waals surface area contributed by atoms with E-state index in [1.165, 1.54) is 24.9 Å². The van der Waals surface area contributed by atoms with E-state index in [-0.39, 0.29) is 0 Å². The summed E-state index contributed by atoms with van der Waals surface area (Å²) in [7, 11) is 1.82. The summed E-state index contributed by atoms with van der Waals surface area (Å²) < 4.78 is 5.38. The fraction of sp³-hybridized carbons (Fsp3) is 0.600. The van der Waals surface area contributed by atoms with Gasteiger partial charge in [0.25, 0.3) is 0 Å². The van der Waals surface area contributed by atoms with Crippen LogP contribution in [0.25, 0.3) is 0 Å². The van der Waals surface area contributed by atoms with Crippen LogP contribution in [-0.2, 0) is 4.74 Å². The van der Waals surface area contributed by atoms with Gasteiger partial charge < -0.3 is 10.1 Å². The van der Waals surface area contributed by atoms with Gasteiger partial charge in [-0.05, 0) is 18.4 Å². The number of hydrogen-bond donors (Lipinski definition) is 1. The second-order valence-corrected chi connectivity index (χ2v) is 5.40. The number of hydrogen-bond acceptors (Lipinski definition) is 3. The van der Waals surface area contributed by atoms with Crippen LogP contribution < -0.4 is 5.32 Å². The van der Waals surface area contributed by atoms with Crippen molar-refractivity contribution in [2.45, 2.75) is 31.0 Å². The standard InChI is InChI=1S/C15H22N2O/c1-18-14-9-13(10-14)17-8-7-16-15(11-17)12-5-3-2-4-6-12/h2-6,13-16H,7-11H2,1H3. The summed E-state index contributed by atoms with van der Waals surface area (Å²) in [5, 5.41) is 3.62. The zero-order valence-corrected chi connectivity index (χ0v) is 11.0. The molecular weight excluding hydrogens is 224 g/mol. The van der Waals surface area contributed by atoms with E-state index in [2.05, 4.69) is 40.5 Å². The Morgan fingerprint density at radius 2 is 2.00 bits per heavy atom. The molecule has 1 unspecified atom stereocenters. The normalized spacial score (nSPS) is 33.1. The van der Waals surface area contributed by atoms with E-state index in [1.807, 2.05) is 7.11 Å². The molecule has 0 bridgehead atoms. The first-order valence-electron chi connectivity index (χ1n) is 6.92. The molecule has 98 valence electrons. The molecule has 3 nitrogen and oxygen atoms in total. The maximum absolute atomic E-state index is 5.38. The predicted molar refractivity (Wildman–Crippen MR) is 72.6 cm³/mol. The first kappa shape index (κ1) is 12.2. The van der Waals surface area contributed by atoms with Gasteiger partial charge in [-0.25, -0.2) is 0 Å². The Hall–Kier alpha value is -0.900. The molecule has 1 atom stereocenters. The number of piperazine rings is 1. The lowest BCUT2D eigenvalue weighted by Crippen LogP contribution is -2.55.